The molecule has 176 valence electrons. The molecule has 8 heterocycles. The fraction of sp³-hybridized carbons (Fsp3) is 0.833. The number of nitrogens with zero attached hydrogens (tertiary/aromatic N) is 4. The van der Waals surface area contributed by atoms with Crippen LogP contribution < -0.4 is 21.3 Å². The zero-order valence-electron chi connectivity index (χ0n) is 19.4. The van der Waals surface area contributed by atoms with Crippen molar-refractivity contribution < 1.29 is 20.0 Å². The van der Waals surface area contributed by atoms with E-state index in [-0.39, 0.29) is 0 Å². The molecule has 8 rings (SSSR count). The van der Waals surface area contributed by atoms with Crippen LogP contribution >= 0.6 is 0 Å². The summed E-state index contributed by atoms with van der Waals surface area (Å²) < 4.78 is 2.53. The number of rotatable bonds is 4. The Balaban J connectivity index is 1.25. The molecule has 8 unspecified atom stereocenters. The van der Waals surface area contributed by atoms with Crippen LogP contribution in [0.2, 0.25) is 0 Å². The van der Waals surface area contributed by atoms with Crippen molar-refractivity contribution in [1.29, 1.82) is 0 Å². The normalized spacial score (nSPS) is 46.1. The molecule has 4 saturated heterocycles. The van der Waals surface area contributed by atoms with Crippen LogP contribution in [0.4, 0.5) is 0 Å². The van der Waals surface area contributed by atoms with Gasteiger partial charge in [-0.2, -0.15) is 0 Å². The fourth-order valence-electron chi connectivity index (χ4n) is 8.86. The van der Waals surface area contributed by atoms with Gasteiger partial charge in [0, 0.05) is 0 Å². The van der Waals surface area contributed by atoms with Gasteiger partial charge in [-0.05, 0) is 0 Å². The van der Waals surface area contributed by atoms with Crippen molar-refractivity contribution in [2.75, 3.05) is 26.2 Å². The number of nitrogens with one attached hydrogen (secondary N) is 4. The van der Waals surface area contributed by atoms with Gasteiger partial charge in [0.15, 0.2) is 0 Å². The molecule has 0 amide bonds. The third-order valence-corrected chi connectivity index (χ3v) is 33.2. The molecule has 33 heavy (non-hydrogen) atoms. The van der Waals surface area contributed by atoms with Gasteiger partial charge in [-0.25, -0.2) is 0 Å². The van der Waals surface area contributed by atoms with Crippen LogP contribution in [0.1, 0.15) is 51.4 Å². The maximum atomic E-state index is 4.92. The third-order valence-electron chi connectivity index (χ3n) is 10.4. The molecule has 8 aliphatic rings. The monoisotopic (exact) mass is 616 g/mol. The Morgan fingerprint density at radius 1 is 0.455 bits per heavy atom. The molecule has 0 bridgehead atoms. The molecule has 0 aromatic heterocycles. The van der Waals surface area contributed by atoms with Gasteiger partial charge in [-0.15, -0.1) is 0 Å². The zero-order chi connectivity index (χ0) is 21.6. The van der Waals surface area contributed by atoms with E-state index >= 15 is 0 Å². The van der Waals surface area contributed by atoms with E-state index in [1.807, 2.05) is 0 Å². The number of hydrogen-bond donors (Lipinski definition) is 4. The van der Waals surface area contributed by atoms with Gasteiger partial charge in [-0.3, -0.25) is 0 Å². The molecule has 4 fully saturated rings. The van der Waals surface area contributed by atoms with Gasteiger partial charge in [0.2, 0.25) is 0 Å². The first-order valence-electron chi connectivity index (χ1n) is 13.5. The molecular formula is C24H36HfN8. The molecule has 0 aliphatic carbocycles. The van der Waals surface area contributed by atoms with Gasteiger partial charge >= 0.3 is 201 Å². The summed E-state index contributed by atoms with van der Waals surface area (Å²) >= 11 is -3.37. The van der Waals surface area contributed by atoms with E-state index in [0.29, 0.717) is 38.9 Å². The minimum absolute atomic E-state index is 0.632. The molecule has 8 aliphatic heterocycles. The average Bonchev–Trinajstić information content (AvgIpc) is 3.59. The van der Waals surface area contributed by atoms with Gasteiger partial charge in [0.25, 0.3) is 0 Å². The van der Waals surface area contributed by atoms with E-state index in [1.165, 1.54) is 74.7 Å². The van der Waals surface area contributed by atoms with E-state index in [0.717, 1.165) is 26.2 Å². The molecule has 9 heteroatoms. The fourth-order valence-corrected chi connectivity index (χ4v) is 35.0. The Morgan fingerprint density at radius 2 is 0.727 bits per heavy atom. The number of amidine groups is 4. The number of aliphatic imine (C=N–C) groups is 4. The molecule has 0 saturated carbocycles. The van der Waals surface area contributed by atoms with Crippen molar-refractivity contribution in [3.63, 3.8) is 0 Å². The topological polar surface area (TPSA) is 97.6 Å². The van der Waals surface area contributed by atoms with Gasteiger partial charge < -0.3 is 0 Å². The summed E-state index contributed by atoms with van der Waals surface area (Å²) in [4.78, 5) is 19.7. The molecular weight excluding hydrogens is 579 g/mol. The van der Waals surface area contributed by atoms with Crippen LogP contribution in [0.15, 0.2) is 20.0 Å². The van der Waals surface area contributed by atoms with Crippen LogP contribution in [0.5, 0.6) is 0 Å². The second kappa shape index (κ2) is 7.37. The van der Waals surface area contributed by atoms with Crippen molar-refractivity contribution in [3.05, 3.63) is 0 Å². The maximum absolute atomic E-state index is 4.92. The van der Waals surface area contributed by atoms with Crippen molar-refractivity contribution in [2.24, 2.45) is 43.6 Å². The Kier molecular flexibility index (Phi) is 4.47. The van der Waals surface area contributed by atoms with Gasteiger partial charge in [0.05, 0.1) is 0 Å². The van der Waals surface area contributed by atoms with Crippen molar-refractivity contribution in [2.45, 2.75) is 66.6 Å². The molecule has 0 aromatic rings. The van der Waals surface area contributed by atoms with Crippen LogP contribution in [0.25, 0.3) is 0 Å². The molecule has 0 radical (unpaired) electrons. The molecule has 8 atom stereocenters. The summed E-state index contributed by atoms with van der Waals surface area (Å²) in [6.45, 7) is 4.08. The summed E-state index contributed by atoms with van der Waals surface area (Å²) in [6.07, 6.45) is 10.2. The standard InChI is InChI=1S/4C6H9N2.Hf/c4*1-3-7-6-5(1)2-4-8-6;/h4*3,5H,1-2,4H2,(H,7,8);. The summed E-state index contributed by atoms with van der Waals surface area (Å²) in [6, 6.07) is 0. The first-order valence-corrected chi connectivity index (χ1v) is 21.8. The minimum atomic E-state index is -3.37. The Bertz CT molecular complexity index is 829. The van der Waals surface area contributed by atoms with E-state index in [4.69, 9.17) is 20.0 Å². The van der Waals surface area contributed by atoms with E-state index in [1.54, 1.807) is 0 Å². The van der Waals surface area contributed by atoms with Gasteiger partial charge in [-0.1, -0.05) is 0 Å². The Morgan fingerprint density at radius 3 is 0.970 bits per heavy atom. The number of hydrogen-bond acceptors (Lipinski definition) is 8. The average molecular weight is 615 g/mol. The van der Waals surface area contributed by atoms with Crippen LogP contribution in [-0.2, 0) is 20.0 Å². The predicted molar refractivity (Wildman–Crippen MR) is 128 cm³/mol. The van der Waals surface area contributed by atoms with Crippen molar-refractivity contribution >= 4 is 23.3 Å². The molecule has 0 spiro atoms. The van der Waals surface area contributed by atoms with Crippen molar-refractivity contribution in [1.82, 2.24) is 21.3 Å². The summed E-state index contributed by atoms with van der Waals surface area (Å²) in [5.74, 6) is 8.04. The van der Waals surface area contributed by atoms with Crippen LogP contribution in [0.3, 0.4) is 0 Å². The Hall–Kier alpha value is -1.25. The van der Waals surface area contributed by atoms with Crippen LogP contribution in [0, 0.1) is 23.7 Å². The molecule has 4 N–H and O–H groups in total. The molecule has 0 aromatic carbocycles. The summed E-state index contributed by atoms with van der Waals surface area (Å²) in [5.41, 5.74) is 0. The number of fused-ring (bicyclic) bond motifs is 4. The summed E-state index contributed by atoms with van der Waals surface area (Å²) in [5, 5.41) is 16.5. The third kappa shape index (κ3) is 2.83. The van der Waals surface area contributed by atoms with Crippen molar-refractivity contribution in [3.8, 4) is 0 Å². The second-order valence-electron chi connectivity index (χ2n) is 11.7. The SMILES string of the molecule is C1CC2C[CH]([Hf]([CH]3CC4CCN=C4N3)([CH]3CC4CCN=C4N3)[CH]3CC4CCN=C4N3)NC2=N1. The molecule has 8 nitrogen and oxygen atoms in total. The van der Waals surface area contributed by atoms with E-state index in [2.05, 4.69) is 21.3 Å². The zero-order valence-corrected chi connectivity index (χ0v) is 23.0. The summed E-state index contributed by atoms with van der Waals surface area (Å²) in [7, 11) is 0. The van der Waals surface area contributed by atoms with E-state index < -0.39 is 20.0 Å². The van der Waals surface area contributed by atoms with Gasteiger partial charge in [0.1, 0.15) is 0 Å². The predicted octanol–water partition coefficient (Wildman–Crippen LogP) is 1.09. The second-order valence-corrected chi connectivity index (χ2v) is 28.9. The van der Waals surface area contributed by atoms with Crippen LogP contribution in [-0.4, -0.2) is 64.7 Å². The first-order chi connectivity index (χ1) is 16.3. The first kappa shape index (κ1) is 20.0. The quantitative estimate of drug-likeness (QED) is 0.357. The Labute approximate surface area is 200 Å². The van der Waals surface area contributed by atoms with E-state index in [9.17, 15) is 0 Å².